The average Bonchev–Trinajstić information content (AvgIpc) is 2.83. The minimum atomic E-state index is -1.88. The van der Waals surface area contributed by atoms with Gasteiger partial charge >= 0.3 is 5.96 Å². The maximum atomic E-state index is 12.6. The third-order valence-electron chi connectivity index (χ3n) is 5.82. The molecule has 0 saturated heterocycles. The normalized spacial score (nSPS) is 10.4. The molecule has 0 atom stereocenters. The second-order valence-electron chi connectivity index (χ2n) is 7.99. The Kier molecular flexibility index (Phi) is 11.5. The van der Waals surface area contributed by atoms with Gasteiger partial charge in [-0.1, -0.05) is 54.6 Å². The molecule has 0 aliphatic rings. The fraction of sp³-hybridized carbons (Fsp3) is 0.214. The minimum absolute atomic E-state index is 0. The van der Waals surface area contributed by atoms with Crippen LogP contribution in [0.2, 0.25) is 0 Å². The highest BCUT2D eigenvalue weighted by Crippen LogP contribution is 2.55. The van der Waals surface area contributed by atoms with E-state index in [0.717, 1.165) is 12.6 Å². The van der Waals surface area contributed by atoms with Crippen molar-refractivity contribution >= 4 is 35.0 Å². The highest BCUT2D eigenvalue weighted by Gasteiger charge is 2.44. The van der Waals surface area contributed by atoms with E-state index >= 15 is 0 Å². The van der Waals surface area contributed by atoms with Gasteiger partial charge in [-0.3, -0.25) is 20.8 Å². The van der Waals surface area contributed by atoms with Crippen LogP contribution >= 0.6 is 7.26 Å². The van der Waals surface area contributed by atoms with Crippen molar-refractivity contribution in [2.75, 3.05) is 33.3 Å². The largest absolute Gasteiger partial charge is 0.358 e. The Morgan fingerprint density at radius 3 is 1.53 bits per heavy atom. The van der Waals surface area contributed by atoms with Gasteiger partial charge in [0.25, 0.3) is 5.91 Å². The van der Waals surface area contributed by atoms with E-state index in [4.69, 9.17) is 11.5 Å². The molecule has 1 amide bonds. The summed E-state index contributed by atoms with van der Waals surface area (Å²) < 4.78 is 1.56. The molecule has 0 heterocycles. The van der Waals surface area contributed by atoms with Gasteiger partial charge in [0.05, 0.1) is 13.2 Å². The van der Waals surface area contributed by atoms with Crippen molar-refractivity contribution in [2.45, 2.75) is 6.42 Å². The summed E-state index contributed by atoms with van der Waals surface area (Å²) in [5.41, 5.74) is 11.2. The van der Waals surface area contributed by atoms with Gasteiger partial charge in [-0.25, -0.2) is 0 Å². The van der Waals surface area contributed by atoms with Gasteiger partial charge in [0.1, 0.15) is 29.7 Å². The molecule has 0 fully saturated rings. The molecule has 6 heteroatoms. The predicted molar refractivity (Wildman–Crippen MR) is 150 cm³/mol. The lowest BCUT2D eigenvalue weighted by Gasteiger charge is -2.28. The maximum Gasteiger partial charge on any atom is 0.341 e. The predicted octanol–water partition coefficient (Wildman–Crippen LogP) is 2.65. The Hall–Kier alpha value is -3.17. The van der Waals surface area contributed by atoms with Crippen LogP contribution in [0.1, 0.15) is 6.42 Å². The number of hydrogen-bond acceptors (Lipinski definition) is 1. The van der Waals surface area contributed by atoms with Crippen LogP contribution in [0.4, 0.5) is 0 Å². The molecule has 0 spiro atoms. The number of carbonyl (C=O) groups is 1. The third kappa shape index (κ3) is 6.68. The van der Waals surface area contributed by atoms with Gasteiger partial charge < -0.3 is 19.8 Å². The second kappa shape index (κ2) is 13.5. The maximum absolute atomic E-state index is 12.6. The van der Waals surface area contributed by atoms with Gasteiger partial charge in [-0.2, -0.15) is 0 Å². The number of hydrogen-bond donors (Lipinski definition) is 2. The Labute approximate surface area is 206 Å². The topological polar surface area (TPSA) is 75.4 Å². The molecule has 0 aliphatic carbocycles. The minimum Gasteiger partial charge on any atom is -0.358 e. The fourth-order valence-corrected chi connectivity index (χ4v) is 8.29. The van der Waals surface area contributed by atoms with Gasteiger partial charge in [0.2, 0.25) is 0 Å². The number of likely N-dealkylation sites (N-methyl/N-ethyl adjacent to an activating group) is 2. The summed E-state index contributed by atoms with van der Waals surface area (Å²) in [6.07, 6.45) is 1.86. The molecule has 5 nitrogen and oxygen atoms in total. The molecule has 4 N–H and O–H groups in total. The summed E-state index contributed by atoms with van der Waals surface area (Å²) in [5, 5.41) is 4.07. The van der Waals surface area contributed by atoms with Gasteiger partial charge in [-0.15, -0.1) is 0 Å². The van der Waals surface area contributed by atoms with Crippen molar-refractivity contribution in [3.63, 3.8) is 0 Å². The number of benzene rings is 3. The summed E-state index contributed by atoms with van der Waals surface area (Å²) in [6, 6.07) is 32.4. The van der Waals surface area contributed by atoms with Crippen LogP contribution in [0.15, 0.2) is 91.0 Å². The summed E-state index contributed by atoms with van der Waals surface area (Å²) in [6.45, 7) is 0.848. The van der Waals surface area contributed by atoms with E-state index in [-0.39, 0.29) is 33.3 Å². The lowest BCUT2D eigenvalue weighted by molar-refractivity contribution is -0.488. The quantitative estimate of drug-likeness (QED) is 0.163. The highest BCUT2D eigenvalue weighted by molar-refractivity contribution is 7.95. The van der Waals surface area contributed by atoms with E-state index in [1.165, 1.54) is 15.9 Å². The molecule has 0 aromatic heterocycles. The molecular formula is C28H39N4OP. The number of guanidine groups is 1. The van der Waals surface area contributed by atoms with Crippen molar-refractivity contribution in [2.24, 2.45) is 11.5 Å². The zero-order valence-electron chi connectivity index (χ0n) is 20.9. The SMILES string of the molecule is CN(CCC[P+](c1ccccc1)(c1ccccc1)c1ccccc1)C(=O)C[N+](C)=C(N)N.[CH3-].[CH3-]. The van der Waals surface area contributed by atoms with Gasteiger partial charge in [0.15, 0.2) is 0 Å². The van der Waals surface area contributed by atoms with Crippen LogP contribution in [-0.2, 0) is 4.79 Å². The monoisotopic (exact) mass is 478 g/mol. The van der Waals surface area contributed by atoms with E-state index in [0.29, 0.717) is 6.54 Å². The van der Waals surface area contributed by atoms with E-state index in [2.05, 4.69) is 91.0 Å². The van der Waals surface area contributed by atoms with Crippen molar-refractivity contribution < 1.29 is 9.37 Å². The first-order chi connectivity index (χ1) is 15.4. The lowest BCUT2D eigenvalue weighted by Crippen LogP contribution is -2.41. The molecule has 3 aromatic carbocycles. The lowest BCUT2D eigenvalue weighted by atomic mass is 10.3. The first-order valence-electron chi connectivity index (χ1n) is 10.8. The van der Waals surface area contributed by atoms with E-state index in [1.807, 2.05) is 7.05 Å². The van der Waals surface area contributed by atoms with Crippen molar-refractivity contribution in [1.82, 2.24) is 4.90 Å². The van der Waals surface area contributed by atoms with E-state index < -0.39 is 7.26 Å². The summed E-state index contributed by atoms with van der Waals surface area (Å²) >= 11 is 0. The third-order valence-corrected chi connectivity index (χ3v) is 10.3. The molecule has 0 aliphatic heterocycles. The number of nitrogens with two attached hydrogens (primary N) is 2. The van der Waals surface area contributed by atoms with Crippen LogP contribution in [0.3, 0.4) is 0 Å². The molecule has 0 radical (unpaired) electrons. The van der Waals surface area contributed by atoms with Gasteiger partial charge in [0, 0.05) is 13.6 Å². The number of carbonyl (C=O) groups excluding carboxylic acids is 1. The zero-order chi connectivity index (χ0) is 23.0. The molecule has 0 unspecified atom stereocenters. The molecule has 34 heavy (non-hydrogen) atoms. The van der Waals surface area contributed by atoms with Gasteiger partial charge in [-0.05, 0) is 42.8 Å². The Balaban J connectivity index is 0.00000289. The van der Waals surface area contributed by atoms with Crippen LogP contribution in [0.5, 0.6) is 0 Å². The first kappa shape index (κ1) is 28.9. The molecule has 0 bridgehead atoms. The van der Waals surface area contributed by atoms with Crippen LogP contribution < -0.4 is 27.4 Å². The van der Waals surface area contributed by atoms with Crippen LogP contribution in [0.25, 0.3) is 0 Å². The number of rotatable bonds is 9. The molecule has 182 valence electrons. The zero-order valence-corrected chi connectivity index (χ0v) is 21.8. The Morgan fingerprint density at radius 2 is 1.18 bits per heavy atom. The molecule has 3 rings (SSSR count). The fourth-order valence-electron chi connectivity index (χ4n) is 3.97. The summed E-state index contributed by atoms with van der Waals surface area (Å²) in [5.74, 6) is 0.151. The smallest absolute Gasteiger partial charge is 0.341 e. The van der Waals surface area contributed by atoms with Crippen molar-refractivity contribution in [3.05, 3.63) is 106 Å². The van der Waals surface area contributed by atoms with E-state index in [1.54, 1.807) is 16.5 Å². The van der Waals surface area contributed by atoms with Crippen molar-refractivity contribution in [1.29, 1.82) is 0 Å². The van der Waals surface area contributed by atoms with Crippen molar-refractivity contribution in [3.8, 4) is 0 Å². The average molecular weight is 479 g/mol. The Bertz CT molecular complexity index is 939. The Morgan fingerprint density at radius 1 is 0.794 bits per heavy atom. The van der Waals surface area contributed by atoms with Crippen LogP contribution in [0, 0.1) is 14.9 Å². The molecular weight excluding hydrogens is 439 g/mol. The number of amides is 1. The first-order valence-corrected chi connectivity index (χ1v) is 12.8. The molecule has 3 aromatic rings. The second-order valence-corrected chi connectivity index (χ2v) is 11.6. The standard InChI is InChI=1S/C26H32N4OP.2CH3/c1-29(25(31)21-30(2)26(27)28)19-12-20-32(22-13-6-3-7-14-22,23-15-8-4-9-16-23)24-17-10-5-11-18-24;;/h3-11,13-18H,12,19-21H2,1-2H3,(H3,27,28);2*1H3/q+1;2*-1/p+1. The van der Waals surface area contributed by atoms with Crippen LogP contribution in [-0.4, -0.2) is 54.7 Å². The highest BCUT2D eigenvalue weighted by atomic mass is 31.2. The molecule has 0 saturated carbocycles. The van der Waals surface area contributed by atoms with E-state index in [9.17, 15) is 4.79 Å². The number of nitrogens with zero attached hydrogens (tertiary/aromatic N) is 2. The summed E-state index contributed by atoms with van der Waals surface area (Å²) in [7, 11) is 1.69. The summed E-state index contributed by atoms with van der Waals surface area (Å²) in [4.78, 5) is 14.4.